The second-order valence-electron chi connectivity index (χ2n) is 6.82. The second kappa shape index (κ2) is 7.20. The van der Waals surface area contributed by atoms with Gasteiger partial charge in [0.25, 0.3) is 5.69 Å². The Balaban J connectivity index is 2.14. The molecule has 1 aromatic carbocycles. The summed E-state index contributed by atoms with van der Waals surface area (Å²) in [5, 5.41) is 10.7. The van der Waals surface area contributed by atoms with Crippen molar-refractivity contribution in [3.63, 3.8) is 0 Å². The van der Waals surface area contributed by atoms with Gasteiger partial charge in [-0.1, -0.05) is 0 Å². The maximum absolute atomic E-state index is 14.2. The van der Waals surface area contributed by atoms with Crippen LogP contribution in [0.15, 0.2) is 12.1 Å². The van der Waals surface area contributed by atoms with Crippen molar-refractivity contribution in [3.05, 3.63) is 33.9 Å². The number of ether oxygens (including phenoxy) is 1. The Morgan fingerprint density at radius 2 is 1.76 bits per heavy atom. The van der Waals surface area contributed by atoms with Crippen molar-refractivity contribution in [2.75, 3.05) is 31.1 Å². The van der Waals surface area contributed by atoms with Crippen LogP contribution in [-0.2, 0) is 4.74 Å². The number of amides is 1. The van der Waals surface area contributed by atoms with Crippen LogP contribution in [0.4, 0.5) is 25.0 Å². The van der Waals surface area contributed by atoms with Gasteiger partial charge in [-0.3, -0.25) is 10.1 Å². The molecule has 1 amide bonds. The van der Waals surface area contributed by atoms with E-state index in [1.807, 2.05) is 0 Å². The van der Waals surface area contributed by atoms with Crippen LogP contribution < -0.4 is 4.90 Å². The number of rotatable bonds is 2. The van der Waals surface area contributed by atoms with Crippen molar-refractivity contribution in [1.29, 1.82) is 0 Å². The summed E-state index contributed by atoms with van der Waals surface area (Å²) in [5.41, 5.74) is -1.57. The highest BCUT2D eigenvalue weighted by Gasteiger charge is 2.27. The summed E-state index contributed by atoms with van der Waals surface area (Å²) >= 11 is 0. The van der Waals surface area contributed by atoms with Gasteiger partial charge in [-0.05, 0) is 27.2 Å². The third-order valence-corrected chi connectivity index (χ3v) is 3.68. The van der Waals surface area contributed by atoms with Gasteiger partial charge in [0.1, 0.15) is 11.3 Å². The van der Waals surface area contributed by atoms with E-state index in [2.05, 4.69) is 0 Å². The van der Waals surface area contributed by atoms with Gasteiger partial charge >= 0.3 is 6.09 Å². The Morgan fingerprint density at radius 3 is 2.28 bits per heavy atom. The van der Waals surface area contributed by atoms with Gasteiger partial charge in [-0.15, -0.1) is 0 Å². The monoisotopic (exact) mass is 357 g/mol. The summed E-state index contributed by atoms with van der Waals surface area (Å²) in [6.07, 6.45) is 0.0220. The molecule has 25 heavy (non-hydrogen) atoms. The molecule has 7 nitrogen and oxygen atoms in total. The normalized spacial score (nSPS) is 15.7. The van der Waals surface area contributed by atoms with E-state index in [4.69, 9.17) is 4.74 Å². The third-order valence-electron chi connectivity index (χ3n) is 3.68. The summed E-state index contributed by atoms with van der Waals surface area (Å²) in [5.74, 6) is -1.98. The molecule has 0 aliphatic carbocycles. The number of hydrogen-bond donors (Lipinski definition) is 0. The molecule has 1 aromatic rings. The zero-order valence-electron chi connectivity index (χ0n) is 14.4. The van der Waals surface area contributed by atoms with Crippen LogP contribution in [0, 0.1) is 21.7 Å². The fourth-order valence-electron chi connectivity index (χ4n) is 2.61. The predicted molar refractivity (Wildman–Crippen MR) is 87.6 cm³/mol. The van der Waals surface area contributed by atoms with E-state index in [1.54, 1.807) is 20.8 Å². The Labute approximate surface area is 144 Å². The van der Waals surface area contributed by atoms with Gasteiger partial charge in [0.15, 0.2) is 11.6 Å². The SMILES string of the molecule is CC(C)(C)OC(=O)N1CCCN(c2c(F)cc([N+](=O)[O-])cc2F)CC1. The van der Waals surface area contributed by atoms with E-state index in [9.17, 15) is 23.7 Å². The highest BCUT2D eigenvalue weighted by molar-refractivity contribution is 5.68. The first-order valence-corrected chi connectivity index (χ1v) is 7.95. The van der Waals surface area contributed by atoms with Gasteiger partial charge < -0.3 is 14.5 Å². The molecule has 1 aliphatic heterocycles. The number of nitro benzene ring substituents is 1. The molecule has 0 aromatic heterocycles. The number of halogens is 2. The number of anilines is 1. The molecule has 0 unspecified atom stereocenters. The number of carbonyl (C=O) groups is 1. The lowest BCUT2D eigenvalue weighted by Crippen LogP contribution is -2.39. The Morgan fingerprint density at radius 1 is 1.16 bits per heavy atom. The van der Waals surface area contributed by atoms with E-state index in [1.165, 1.54) is 9.80 Å². The predicted octanol–water partition coefficient (Wildman–Crippen LogP) is 3.32. The van der Waals surface area contributed by atoms with Crippen molar-refractivity contribution in [1.82, 2.24) is 4.90 Å². The summed E-state index contributed by atoms with van der Waals surface area (Å²) in [6.45, 7) is 6.45. The van der Waals surface area contributed by atoms with Gasteiger partial charge in [-0.25, -0.2) is 13.6 Å². The lowest BCUT2D eigenvalue weighted by atomic mass is 10.2. The largest absolute Gasteiger partial charge is 0.444 e. The first kappa shape index (κ1) is 18.9. The van der Waals surface area contributed by atoms with Gasteiger partial charge in [-0.2, -0.15) is 0 Å². The molecule has 0 radical (unpaired) electrons. The molecule has 1 aliphatic rings. The summed E-state index contributed by atoms with van der Waals surface area (Å²) in [7, 11) is 0. The highest BCUT2D eigenvalue weighted by atomic mass is 19.1. The number of carbonyl (C=O) groups excluding carboxylic acids is 1. The number of benzene rings is 1. The van der Waals surface area contributed by atoms with Crippen LogP contribution in [0.5, 0.6) is 0 Å². The molecule has 0 bridgehead atoms. The van der Waals surface area contributed by atoms with Crippen molar-refractivity contribution >= 4 is 17.5 Å². The van der Waals surface area contributed by atoms with Crippen LogP contribution in [0.1, 0.15) is 27.2 Å². The topological polar surface area (TPSA) is 75.9 Å². The Kier molecular flexibility index (Phi) is 5.44. The summed E-state index contributed by atoms with van der Waals surface area (Å²) in [6, 6.07) is 1.41. The minimum Gasteiger partial charge on any atom is -0.444 e. The lowest BCUT2D eigenvalue weighted by molar-refractivity contribution is -0.385. The standard InChI is InChI=1S/C16H21F2N3O4/c1-16(2,3)25-15(22)20-6-4-5-19(7-8-20)14-12(17)9-11(21(23)24)10-13(14)18/h9-10H,4-8H2,1-3H3. The molecule has 1 heterocycles. The molecule has 0 spiro atoms. The molecule has 0 N–H and O–H groups in total. The fourth-order valence-corrected chi connectivity index (χ4v) is 2.61. The van der Waals surface area contributed by atoms with Crippen LogP contribution in [0.3, 0.4) is 0 Å². The minimum atomic E-state index is -0.989. The van der Waals surface area contributed by atoms with Crippen molar-refractivity contribution in [2.45, 2.75) is 32.8 Å². The Hall–Kier alpha value is -2.45. The zero-order chi connectivity index (χ0) is 18.8. The van der Waals surface area contributed by atoms with E-state index in [0.29, 0.717) is 31.6 Å². The van der Waals surface area contributed by atoms with Gasteiger partial charge in [0.05, 0.1) is 17.1 Å². The van der Waals surface area contributed by atoms with Gasteiger partial charge in [0, 0.05) is 26.2 Å². The molecule has 9 heteroatoms. The smallest absolute Gasteiger partial charge is 0.410 e. The van der Waals surface area contributed by atoms with Crippen molar-refractivity contribution in [3.8, 4) is 0 Å². The molecular weight excluding hydrogens is 336 g/mol. The maximum atomic E-state index is 14.2. The summed E-state index contributed by atoms with van der Waals surface area (Å²) in [4.78, 5) is 24.9. The van der Waals surface area contributed by atoms with Crippen LogP contribution in [-0.4, -0.2) is 47.7 Å². The first-order chi connectivity index (χ1) is 11.6. The summed E-state index contributed by atoms with van der Waals surface area (Å²) < 4.78 is 33.7. The molecule has 138 valence electrons. The van der Waals surface area contributed by atoms with Crippen LogP contribution in [0.25, 0.3) is 0 Å². The molecule has 0 atom stereocenters. The van der Waals surface area contributed by atoms with E-state index in [0.717, 1.165) is 0 Å². The van der Waals surface area contributed by atoms with Gasteiger partial charge in [0.2, 0.25) is 0 Å². The van der Waals surface area contributed by atoms with Crippen LogP contribution >= 0.6 is 0 Å². The molecule has 1 saturated heterocycles. The van der Waals surface area contributed by atoms with E-state index >= 15 is 0 Å². The average Bonchev–Trinajstić information content (AvgIpc) is 2.70. The van der Waals surface area contributed by atoms with E-state index < -0.39 is 33.9 Å². The first-order valence-electron chi connectivity index (χ1n) is 7.95. The minimum absolute atomic E-state index is 0.199. The lowest BCUT2D eigenvalue weighted by Gasteiger charge is -2.27. The van der Waals surface area contributed by atoms with E-state index in [-0.39, 0.29) is 18.8 Å². The molecular formula is C16H21F2N3O4. The number of nitrogens with zero attached hydrogens (tertiary/aromatic N) is 3. The number of hydrogen-bond acceptors (Lipinski definition) is 5. The second-order valence-corrected chi connectivity index (χ2v) is 6.82. The maximum Gasteiger partial charge on any atom is 0.410 e. The molecule has 1 fully saturated rings. The zero-order valence-corrected chi connectivity index (χ0v) is 14.4. The average molecular weight is 357 g/mol. The number of non-ortho nitro benzene ring substituents is 1. The quantitative estimate of drug-likeness (QED) is 0.599. The van der Waals surface area contributed by atoms with Crippen molar-refractivity contribution < 1.29 is 23.2 Å². The molecule has 2 rings (SSSR count). The van der Waals surface area contributed by atoms with Crippen LogP contribution in [0.2, 0.25) is 0 Å². The number of nitro groups is 1. The third kappa shape index (κ3) is 4.77. The van der Waals surface area contributed by atoms with Crippen molar-refractivity contribution in [2.24, 2.45) is 0 Å². The molecule has 0 saturated carbocycles. The Bertz CT molecular complexity index is 653. The highest BCUT2D eigenvalue weighted by Crippen LogP contribution is 2.29. The fraction of sp³-hybridized carbons (Fsp3) is 0.562.